The molecule has 0 unspecified atom stereocenters. The lowest BCUT2D eigenvalue weighted by Gasteiger charge is -2.58. The van der Waals surface area contributed by atoms with E-state index in [4.69, 9.17) is 29.8 Å². The average Bonchev–Trinajstić information content (AvgIpc) is 3.65. The van der Waals surface area contributed by atoms with Crippen LogP contribution in [0.3, 0.4) is 0 Å². The van der Waals surface area contributed by atoms with Crippen LogP contribution in [0.25, 0.3) is 0 Å². The van der Waals surface area contributed by atoms with Crippen molar-refractivity contribution in [2.75, 3.05) is 13.7 Å². The molecular weight excluding hydrogens is 633 g/mol. The predicted molar refractivity (Wildman–Crippen MR) is 168 cm³/mol. The quantitative estimate of drug-likeness (QED) is 0.207. The topological polar surface area (TPSA) is 156 Å². The summed E-state index contributed by atoms with van der Waals surface area (Å²) < 4.78 is 49.5. The zero-order chi connectivity index (χ0) is 35.3. The third kappa shape index (κ3) is 8.52. The molecule has 0 radical (unpaired) electrons. The minimum absolute atomic E-state index is 0.0563. The van der Waals surface area contributed by atoms with Gasteiger partial charge in [-0.3, -0.25) is 9.48 Å². The van der Waals surface area contributed by atoms with Gasteiger partial charge in [-0.25, -0.2) is 9.59 Å². The fourth-order valence-electron chi connectivity index (χ4n) is 9.42. The molecule has 48 heavy (non-hydrogen) atoms. The second-order valence-corrected chi connectivity index (χ2v) is 14.5. The van der Waals surface area contributed by atoms with E-state index in [9.17, 15) is 22.8 Å². The number of methoxy groups -OCH3 is 1. The molecule has 11 nitrogen and oxygen atoms in total. The molecule has 0 saturated heterocycles. The van der Waals surface area contributed by atoms with Crippen molar-refractivity contribution in [1.29, 1.82) is 0 Å². The molecule has 4 aliphatic carbocycles. The number of carboxylic acids is 1. The summed E-state index contributed by atoms with van der Waals surface area (Å²) in [5.74, 6) is 0.545. The Morgan fingerprint density at radius 2 is 1.88 bits per heavy atom. The number of hydrogen-bond acceptors (Lipinski definition) is 9. The summed E-state index contributed by atoms with van der Waals surface area (Å²) in [5.41, 5.74) is 8.18. The molecule has 5 rings (SSSR count). The van der Waals surface area contributed by atoms with Crippen LogP contribution < -0.4 is 5.73 Å². The Labute approximate surface area is 280 Å². The van der Waals surface area contributed by atoms with Gasteiger partial charge in [0.1, 0.15) is 18.4 Å². The van der Waals surface area contributed by atoms with Crippen LogP contribution in [-0.4, -0.2) is 64.1 Å². The van der Waals surface area contributed by atoms with Gasteiger partial charge in [0.2, 0.25) is 0 Å². The zero-order valence-electron chi connectivity index (χ0n) is 28.5. The Kier molecular flexibility index (Phi) is 12.2. The van der Waals surface area contributed by atoms with E-state index >= 15 is 0 Å². The van der Waals surface area contributed by atoms with Crippen molar-refractivity contribution in [3.63, 3.8) is 0 Å². The van der Waals surface area contributed by atoms with Gasteiger partial charge in [0.25, 0.3) is 0 Å². The summed E-state index contributed by atoms with van der Waals surface area (Å²) in [6.45, 7) is 8.73. The summed E-state index contributed by atoms with van der Waals surface area (Å²) in [5, 5.41) is 15.2. The van der Waals surface area contributed by atoms with Crippen LogP contribution in [0.1, 0.15) is 97.1 Å². The van der Waals surface area contributed by atoms with Crippen molar-refractivity contribution in [3.8, 4) is 0 Å². The molecule has 0 aliphatic heterocycles. The normalized spacial score (nSPS) is 31.5. The number of halogens is 3. The number of carbonyl (C=O) groups excluding carboxylic acids is 2. The number of esters is 1. The standard InChI is InChI=1S/C32H50N4O5.C2HF3O2/c1-21(6-11-29(37)39-4)26-9-10-27-25-8-7-22-18-24(12-14-31(22,2)28(25)13-15-32(26,27)3)41-30(38)40-20-23-19-36(35-34-23)17-5-16-33;3-2(4,5)1(6)7/h7,19,21,24-28H,5-6,8-18,20,33H2,1-4H3;(H,6,7)/t21-,24+,25+,26-,27+,28+,31+,32-;/m1./s1. The van der Waals surface area contributed by atoms with Gasteiger partial charge < -0.3 is 25.1 Å². The lowest BCUT2D eigenvalue weighted by atomic mass is 9.47. The molecule has 0 amide bonds. The van der Waals surface area contributed by atoms with E-state index in [1.165, 1.54) is 38.4 Å². The number of nitrogens with zero attached hydrogens (tertiary/aromatic N) is 3. The van der Waals surface area contributed by atoms with Crippen molar-refractivity contribution in [2.45, 2.75) is 117 Å². The highest BCUT2D eigenvalue weighted by atomic mass is 19.4. The van der Waals surface area contributed by atoms with Crippen LogP contribution in [0.5, 0.6) is 0 Å². The first-order valence-electron chi connectivity index (χ1n) is 17.1. The highest BCUT2D eigenvalue weighted by Gasteiger charge is 2.59. The van der Waals surface area contributed by atoms with Crippen molar-refractivity contribution in [3.05, 3.63) is 23.5 Å². The number of aromatic nitrogens is 3. The first-order chi connectivity index (χ1) is 22.6. The fraction of sp³-hybridized carbons (Fsp3) is 0.794. The number of ether oxygens (including phenoxy) is 3. The van der Waals surface area contributed by atoms with Gasteiger partial charge in [-0.05, 0) is 105 Å². The molecule has 4 aliphatic rings. The highest BCUT2D eigenvalue weighted by Crippen LogP contribution is 2.67. The smallest absolute Gasteiger partial charge is 0.475 e. The lowest BCUT2D eigenvalue weighted by Crippen LogP contribution is -2.51. The van der Waals surface area contributed by atoms with Crippen LogP contribution in [0, 0.1) is 40.4 Å². The molecule has 1 aromatic rings. The van der Waals surface area contributed by atoms with Gasteiger partial charge in [0.15, 0.2) is 0 Å². The largest absolute Gasteiger partial charge is 0.508 e. The third-order valence-corrected chi connectivity index (χ3v) is 11.9. The summed E-state index contributed by atoms with van der Waals surface area (Å²) in [6.07, 6.45) is 9.70. The summed E-state index contributed by atoms with van der Waals surface area (Å²) in [4.78, 5) is 33.2. The predicted octanol–water partition coefficient (Wildman–Crippen LogP) is 6.45. The first kappa shape index (κ1) is 37.7. The monoisotopic (exact) mass is 684 g/mol. The number of rotatable bonds is 10. The molecule has 0 spiro atoms. The second-order valence-electron chi connectivity index (χ2n) is 14.5. The Morgan fingerprint density at radius 3 is 2.54 bits per heavy atom. The molecular formula is C34H51F3N4O7. The van der Waals surface area contributed by atoms with Crippen LogP contribution >= 0.6 is 0 Å². The van der Waals surface area contributed by atoms with Gasteiger partial charge >= 0.3 is 24.3 Å². The van der Waals surface area contributed by atoms with Gasteiger partial charge in [0, 0.05) is 19.4 Å². The van der Waals surface area contributed by atoms with E-state index in [0.29, 0.717) is 48.4 Å². The molecule has 0 aromatic carbocycles. The summed E-state index contributed by atoms with van der Waals surface area (Å²) >= 11 is 0. The van der Waals surface area contributed by atoms with Crippen LogP contribution in [0.4, 0.5) is 18.0 Å². The minimum Gasteiger partial charge on any atom is -0.475 e. The number of aryl methyl sites for hydroxylation is 1. The molecule has 14 heteroatoms. The maximum absolute atomic E-state index is 12.5. The minimum atomic E-state index is -5.08. The molecule has 0 bridgehead atoms. The molecule has 3 fully saturated rings. The Balaban J connectivity index is 0.000000671. The molecule has 8 atom stereocenters. The molecule has 1 aromatic heterocycles. The number of carbonyl (C=O) groups is 3. The first-order valence-corrected chi connectivity index (χ1v) is 17.1. The van der Waals surface area contributed by atoms with Crippen molar-refractivity contribution >= 4 is 18.1 Å². The van der Waals surface area contributed by atoms with Gasteiger partial charge in [0.05, 0.1) is 13.3 Å². The van der Waals surface area contributed by atoms with Gasteiger partial charge in [-0.1, -0.05) is 37.6 Å². The number of nitrogens with two attached hydrogens (primary N) is 1. The summed E-state index contributed by atoms with van der Waals surface area (Å²) in [6, 6.07) is 0. The molecule has 3 saturated carbocycles. The zero-order valence-corrected chi connectivity index (χ0v) is 28.5. The van der Waals surface area contributed by atoms with E-state index in [2.05, 4.69) is 37.2 Å². The van der Waals surface area contributed by atoms with Crippen molar-refractivity contribution in [1.82, 2.24) is 15.0 Å². The van der Waals surface area contributed by atoms with E-state index in [1.807, 2.05) is 0 Å². The molecule has 3 N–H and O–H groups in total. The number of fused-ring (bicyclic) bond motifs is 5. The fourth-order valence-corrected chi connectivity index (χ4v) is 9.42. The van der Waals surface area contributed by atoms with Crippen LogP contribution in [0.15, 0.2) is 17.8 Å². The number of allylic oxidation sites excluding steroid dienone is 1. The Bertz CT molecular complexity index is 1320. The maximum atomic E-state index is 12.5. The van der Waals surface area contributed by atoms with Crippen molar-refractivity contribution < 1.29 is 46.9 Å². The van der Waals surface area contributed by atoms with E-state index < -0.39 is 18.3 Å². The number of aliphatic carboxylic acids is 1. The average molecular weight is 685 g/mol. The molecule has 1 heterocycles. The number of alkyl halides is 3. The lowest BCUT2D eigenvalue weighted by molar-refractivity contribution is -0.192. The Morgan fingerprint density at radius 1 is 1.15 bits per heavy atom. The maximum Gasteiger partial charge on any atom is 0.508 e. The van der Waals surface area contributed by atoms with Crippen LogP contribution in [-0.2, 0) is 37.0 Å². The third-order valence-electron chi connectivity index (χ3n) is 11.9. The summed E-state index contributed by atoms with van der Waals surface area (Å²) in [7, 11) is 1.49. The van der Waals surface area contributed by atoms with E-state index in [0.717, 1.165) is 50.4 Å². The van der Waals surface area contributed by atoms with Gasteiger partial charge in [-0.15, -0.1) is 5.10 Å². The second kappa shape index (κ2) is 15.6. The van der Waals surface area contributed by atoms with Gasteiger partial charge in [-0.2, -0.15) is 13.2 Å². The number of carboxylic acid groups (broad SMARTS) is 1. The number of hydrogen-bond donors (Lipinski definition) is 2. The van der Waals surface area contributed by atoms with E-state index in [-0.39, 0.29) is 24.1 Å². The van der Waals surface area contributed by atoms with Crippen molar-refractivity contribution in [2.24, 2.45) is 46.2 Å². The molecule has 270 valence electrons. The van der Waals surface area contributed by atoms with Crippen LogP contribution in [0.2, 0.25) is 0 Å². The van der Waals surface area contributed by atoms with E-state index in [1.54, 1.807) is 10.9 Å². The Hall–Kier alpha value is -3.16. The highest BCUT2D eigenvalue weighted by molar-refractivity contribution is 5.73. The SMILES string of the molecule is COC(=O)CC[C@@H](C)[C@H]1CC[C@H]2[C@@H]3CC=C4C[C@@H](OC(=O)OCc5cn(CCCN)nn5)CC[C@]4(C)[C@H]3CC[C@]12C.O=C(O)C(F)(F)F.